The standard InChI is InChI=1S/C21H22N4O4/c1-27-18-8-2-15(3-9-18)14-22-20(26)21-23-19(24-29-21)16-4-6-17(7-5-16)25-10-12-28-13-11-25/h2-9H,10-14H2,1H3,(H,22,26). The molecule has 1 aliphatic rings. The summed E-state index contributed by atoms with van der Waals surface area (Å²) < 4.78 is 15.6. The molecule has 0 radical (unpaired) electrons. The molecule has 8 heteroatoms. The molecule has 1 fully saturated rings. The largest absolute Gasteiger partial charge is 0.497 e. The molecule has 1 aromatic heterocycles. The summed E-state index contributed by atoms with van der Waals surface area (Å²) in [6, 6.07) is 15.3. The highest BCUT2D eigenvalue weighted by molar-refractivity contribution is 5.89. The van der Waals surface area contributed by atoms with Crippen LogP contribution in [-0.2, 0) is 11.3 Å². The van der Waals surface area contributed by atoms with Crippen molar-refractivity contribution in [1.82, 2.24) is 15.5 Å². The highest BCUT2D eigenvalue weighted by Gasteiger charge is 2.17. The molecule has 0 unspecified atom stereocenters. The number of aromatic nitrogens is 2. The van der Waals surface area contributed by atoms with Gasteiger partial charge in [0, 0.05) is 30.9 Å². The van der Waals surface area contributed by atoms with Gasteiger partial charge in [0.1, 0.15) is 5.75 Å². The second kappa shape index (κ2) is 8.74. The Hall–Kier alpha value is -3.39. The van der Waals surface area contributed by atoms with Gasteiger partial charge in [-0.25, -0.2) is 0 Å². The van der Waals surface area contributed by atoms with E-state index in [1.54, 1.807) is 7.11 Å². The maximum absolute atomic E-state index is 12.3. The molecule has 2 aromatic carbocycles. The number of hydrogen-bond acceptors (Lipinski definition) is 7. The number of amides is 1. The van der Waals surface area contributed by atoms with E-state index in [0.717, 1.165) is 48.9 Å². The lowest BCUT2D eigenvalue weighted by Gasteiger charge is -2.28. The van der Waals surface area contributed by atoms with E-state index in [2.05, 4.69) is 20.4 Å². The van der Waals surface area contributed by atoms with Crippen LogP contribution in [0.15, 0.2) is 53.1 Å². The fourth-order valence-electron chi connectivity index (χ4n) is 3.08. The van der Waals surface area contributed by atoms with Gasteiger partial charge >= 0.3 is 11.8 Å². The van der Waals surface area contributed by atoms with Gasteiger partial charge in [0.05, 0.1) is 20.3 Å². The van der Waals surface area contributed by atoms with Gasteiger partial charge in [-0.05, 0) is 42.0 Å². The summed E-state index contributed by atoms with van der Waals surface area (Å²) in [6.45, 7) is 3.58. The number of nitrogens with zero attached hydrogens (tertiary/aromatic N) is 3. The summed E-state index contributed by atoms with van der Waals surface area (Å²) in [7, 11) is 1.61. The van der Waals surface area contributed by atoms with E-state index < -0.39 is 5.91 Å². The van der Waals surface area contributed by atoms with Crippen LogP contribution in [0.5, 0.6) is 5.75 Å². The van der Waals surface area contributed by atoms with Gasteiger partial charge in [-0.2, -0.15) is 4.98 Å². The van der Waals surface area contributed by atoms with Gasteiger partial charge in [0.15, 0.2) is 0 Å². The summed E-state index contributed by atoms with van der Waals surface area (Å²) in [6.07, 6.45) is 0. The highest BCUT2D eigenvalue weighted by Crippen LogP contribution is 2.22. The number of carbonyl (C=O) groups excluding carboxylic acids is 1. The van der Waals surface area contributed by atoms with Crippen molar-refractivity contribution in [2.75, 3.05) is 38.3 Å². The summed E-state index contributed by atoms with van der Waals surface area (Å²) >= 11 is 0. The summed E-state index contributed by atoms with van der Waals surface area (Å²) in [5.41, 5.74) is 2.86. The molecule has 1 N–H and O–H groups in total. The van der Waals surface area contributed by atoms with Crippen LogP contribution in [0.2, 0.25) is 0 Å². The molecule has 4 rings (SSSR count). The van der Waals surface area contributed by atoms with E-state index in [4.69, 9.17) is 14.0 Å². The van der Waals surface area contributed by atoms with Crippen molar-refractivity contribution in [1.29, 1.82) is 0 Å². The Kier molecular flexibility index (Phi) is 5.71. The lowest BCUT2D eigenvalue weighted by Crippen LogP contribution is -2.36. The van der Waals surface area contributed by atoms with Crippen LogP contribution >= 0.6 is 0 Å². The van der Waals surface area contributed by atoms with Crippen LogP contribution in [0, 0.1) is 0 Å². The average Bonchev–Trinajstić information content (AvgIpc) is 3.29. The number of methoxy groups -OCH3 is 1. The first kappa shape index (κ1) is 18.9. The van der Waals surface area contributed by atoms with Gasteiger partial charge in [-0.15, -0.1) is 0 Å². The van der Waals surface area contributed by atoms with Crippen molar-refractivity contribution >= 4 is 11.6 Å². The first-order valence-corrected chi connectivity index (χ1v) is 9.41. The molecule has 1 amide bonds. The monoisotopic (exact) mass is 394 g/mol. The van der Waals surface area contributed by atoms with Crippen molar-refractivity contribution in [3.8, 4) is 17.1 Å². The predicted molar refractivity (Wildman–Crippen MR) is 107 cm³/mol. The Morgan fingerprint density at radius 3 is 2.52 bits per heavy atom. The van der Waals surface area contributed by atoms with E-state index in [1.165, 1.54) is 0 Å². The van der Waals surface area contributed by atoms with Gasteiger partial charge in [0.2, 0.25) is 5.82 Å². The molecule has 1 saturated heterocycles. The molecule has 0 saturated carbocycles. The van der Waals surface area contributed by atoms with E-state index >= 15 is 0 Å². The number of ether oxygens (including phenoxy) is 2. The van der Waals surface area contributed by atoms with Crippen molar-refractivity contribution in [2.45, 2.75) is 6.54 Å². The lowest BCUT2D eigenvalue weighted by atomic mass is 10.2. The van der Waals surface area contributed by atoms with Gasteiger partial charge < -0.3 is 24.2 Å². The molecule has 1 aliphatic heterocycles. The third-order valence-electron chi connectivity index (χ3n) is 4.73. The molecular weight excluding hydrogens is 372 g/mol. The number of nitrogens with one attached hydrogen (secondary N) is 1. The second-order valence-electron chi connectivity index (χ2n) is 6.60. The number of anilines is 1. The highest BCUT2D eigenvalue weighted by atomic mass is 16.5. The van der Waals surface area contributed by atoms with Crippen LogP contribution in [-0.4, -0.2) is 49.5 Å². The molecule has 150 valence electrons. The van der Waals surface area contributed by atoms with Gasteiger partial charge in [-0.3, -0.25) is 4.79 Å². The van der Waals surface area contributed by atoms with Crippen LogP contribution in [0.4, 0.5) is 5.69 Å². The SMILES string of the molecule is COc1ccc(CNC(=O)c2nc(-c3ccc(N4CCOCC4)cc3)no2)cc1. The molecule has 29 heavy (non-hydrogen) atoms. The normalized spacial score (nSPS) is 13.9. The van der Waals surface area contributed by atoms with Gasteiger partial charge in [0.25, 0.3) is 0 Å². The van der Waals surface area contributed by atoms with Crippen molar-refractivity contribution in [3.63, 3.8) is 0 Å². The molecule has 3 aromatic rings. The smallest absolute Gasteiger partial charge is 0.316 e. The Morgan fingerprint density at radius 1 is 1.10 bits per heavy atom. The van der Waals surface area contributed by atoms with Crippen LogP contribution in [0.3, 0.4) is 0 Å². The zero-order chi connectivity index (χ0) is 20.1. The minimum atomic E-state index is -0.412. The maximum atomic E-state index is 12.3. The Morgan fingerprint density at radius 2 is 1.83 bits per heavy atom. The van der Waals surface area contributed by atoms with E-state index in [0.29, 0.717) is 12.4 Å². The Labute approximate surface area is 168 Å². The fourth-order valence-corrected chi connectivity index (χ4v) is 3.08. The fraction of sp³-hybridized carbons (Fsp3) is 0.286. The number of carbonyl (C=O) groups is 1. The lowest BCUT2D eigenvalue weighted by molar-refractivity contribution is 0.0907. The Balaban J connectivity index is 1.37. The zero-order valence-corrected chi connectivity index (χ0v) is 16.1. The van der Waals surface area contributed by atoms with Crippen LogP contribution in [0.25, 0.3) is 11.4 Å². The van der Waals surface area contributed by atoms with E-state index in [-0.39, 0.29) is 5.89 Å². The van der Waals surface area contributed by atoms with Crippen molar-refractivity contribution in [2.24, 2.45) is 0 Å². The van der Waals surface area contributed by atoms with Crippen molar-refractivity contribution in [3.05, 3.63) is 60.0 Å². The first-order chi connectivity index (χ1) is 14.2. The first-order valence-electron chi connectivity index (χ1n) is 9.41. The van der Waals surface area contributed by atoms with Crippen LogP contribution in [0.1, 0.15) is 16.2 Å². The van der Waals surface area contributed by atoms with E-state index in [1.807, 2.05) is 48.5 Å². The number of rotatable bonds is 6. The van der Waals surface area contributed by atoms with Gasteiger partial charge in [-0.1, -0.05) is 17.3 Å². The van der Waals surface area contributed by atoms with Crippen molar-refractivity contribution < 1.29 is 18.8 Å². The zero-order valence-electron chi connectivity index (χ0n) is 16.1. The molecule has 2 heterocycles. The molecule has 0 aliphatic carbocycles. The maximum Gasteiger partial charge on any atom is 0.316 e. The van der Waals surface area contributed by atoms with E-state index in [9.17, 15) is 4.79 Å². The van der Waals surface area contributed by atoms with Crippen LogP contribution < -0.4 is 15.0 Å². The third kappa shape index (κ3) is 4.55. The minimum Gasteiger partial charge on any atom is -0.497 e. The predicted octanol–water partition coefficient (Wildman–Crippen LogP) is 2.51. The molecule has 0 bridgehead atoms. The number of benzene rings is 2. The summed E-state index contributed by atoms with van der Waals surface area (Å²) in [5.74, 6) is 0.671. The quantitative estimate of drug-likeness (QED) is 0.687. The minimum absolute atomic E-state index is 0.0641. The molecule has 8 nitrogen and oxygen atoms in total. The third-order valence-corrected chi connectivity index (χ3v) is 4.73. The Bertz CT molecular complexity index is 948. The number of morpholine rings is 1. The summed E-state index contributed by atoms with van der Waals surface area (Å²) in [5, 5.41) is 6.71. The molecule has 0 spiro atoms. The number of hydrogen-bond donors (Lipinski definition) is 1. The molecular formula is C21H22N4O4. The topological polar surface area (TPSA) is 89.7 Å². The second-order valence-corrected chi connectivity index (χ2v) is 6.60. The molecule has 0 atom stereocenters. The summed E-state index contributed by atoms with van der Waals surface area (Å²) in [4.78, 5) is 18.8. The average molecular weight is 394 g/mol.